The fraction of sp³-hybridized carbons (Fsp3) is 0.471. The fourth-order valence-corrected chi connectivity index (χ4v) is 3.14. The van der Waals surface area contributed by atoms with E-state index in [-0.39, 0.29) is 11.9 Å². The molecule has 1 amide bonds. The Labute approximate surface area is 141 Å². The quantitative estimate of drug-likeness (QED) is 0.856. The first-order chi connectivity index (χ1) is 11.5. The molecule has 0 N–H and O–H groups in total. The SMILES string of the molecule is COc1ccc(C(=O)N2CC(n3nc(C)nc3C)C2)c(C)c1OC. The Hall–Kier alpha value is -2.57. The van der Waals surface area contributed by atoms with E-state index >= 15 is 0 Å². The molecular weight excluding hydrogens is 308 g/mol. The van der Waals surface area contributed by atoms with E-state index in [2.05, 4.69) is 10.1 Å². The van der Waals surface area contributed by atoms with Gasteiger partial charge in [0.15, 0.2) is 11.5 Å². The topological polar surface area (TPSA) is 69.5 Å². The van der Waals surface area contributed by atoms with Crippen molar-refractivity contribution in [1.82, 2.24) is 19.7 Å². The van der Waals surface area contributed by atoms with Crippen LogP contribution < -0.4 is 9.47 Å². The third kappa shape index (κ3) is 2.60. The van der Waals surface area contributed by atoms with E-state index in [1.807, 2.05) is 30.4 Å². The number of hydrogen-bond acceptors (Lipinski definition) is 5. The van der Waals surface area contributed by atoms with Crippen molar-refractivity contribution < 1.29 is 14.3 Å². The summed E-state index contributed by atoms with van der Waals surface area (Å²) in [7, 11) is 3.16. The molecule has 0 unspecified atom stereocenters. The molecule has 1 aromatic carbocycles. The molecule has 1 aliphatic rings. The number of hydrogen-bond donors (Lipinski definition) is 0. The lowest BCUT2D eigenvalue weighted by Crippen LogP contribution is -2.51. The molecular formula is C17H22N4O3. The minimum absolute atomic E-state index is 0.000747. The standard InChI is InChI=1S/C17H22N4O3/c1-10-14(6-7-15(23-4)16(10)24-5)17(22)20-8-13(9-20)21-12(3)18-11(2)19-21/h6-7,13H,8-9H2,1-5H3. The number of methoxy groups -OCH3 is 2. The van der Waals surface area contributed by atoms with E-state index in [0.29, 0.717) is 30.2 Å². The molecule has 1 fully saturated rings. The van der Waals surface area contributed by atoms with Crippen molar-refractivity contribution in [3.05, 3.63) is 34.9 Å². The molecule has 0 aliphatic carbocycles. The van der Waals surface area contributed by atoms with Crippen LogP contribution in [-0.2, 0) is 0 Å². The summed E-state index contributed by atoms with van der Waals surface area (Å²) >= 11 is 0. The molecule has 0 saturated carbocycles. The number of aryl methyl sites for hydroxylation is 2. The molecule has 1 aromatic heterocycles. The summed E-state index contributed by atoms with van der Waals surface area (Å²) in [4.78, 5) is 18.9. The first-order valence-corrected chi connectivity index (χ1v) is 7.86. The summed E-state index contributed by atoms with van der Waals surface area (Å²) in [5.41, 5.74) is 1.43. The Morgan fingerprint density at radius 3 is 2.42 bits per heavy atom. The lowest BCUT2D eigenvalue weighted by molar-refractivity contribution is 0.0495. The van der Waals surface area contributed by atoms with Crippen molar-refractivity contribution in [3.8, 4) is 11.5 Å². The average molecular weight is 330 g/mol. The fourth-order valence-electron chi connectivity index (χ4n) is 3.14. The molecule has 24 heavy (non-hydrogen) atoms. The van der Waals surface area contributed by atoms with Crippen LogP contribution in [0.15, 0.2) is 12.1 Å². The Morgan fingerprint density at radius 1 is 1.17 bits per heavy atom. The highest BCUT2D eigenvalue weighted by Crippen LogP contribution is 2.34. The predicted molar refractivity (Wildman–Crippen MR) is 88.7 cm³/mol. The maximum Gasteiger partial charge on any atom is 0.254 e. The van der Waals surface area contributed by atoms with Crippen LogP contribution in [0.4, 0.5) is 0 Å². The molecule has 7 heteroatoms. The molecule has 1 saturated heterocycles. The van der Waals surface area contributed by atoms with E-state index in [9.17, 15) is 4.79 Å². The molecule has 0 bridgehead atoms. The summed E-state index contributed by atoms with van der Waals surface area (Å²) in [6, 6.07) is 3.74. The number of likely N-dealkylation sites (tertiary alicyclic amines) is 1. The van der Waals surface area contributed by atoms with E-state index < -0.39 is 0 Å². The Morgan fingerprint density at radius 2 is 1.88 bits per heavy atom. The van der Waals surface area contributed by atoms with Crippen molar-refractivity contribution >= 4 is 5.91 Å². The molecule has 0 atom stereocenters. The molecule has 128 valence electrons. The Kier molecular flexibility index (Phi) is 4.17. The summed E-state index contributed by atoms with van der Waals surface area (Å²) in [6.07, 6.45) is 0. The van der Waals surface area contributed by atoms with Crippen molar-refractivity contribution in [2.45, 2.75) is 26.8 Å². The number of rotatable bonds is 4. The third-order valence-corrected chi connectivity index (χ3v) is 4.43. The zero-order valence-electron chi connectivity index (χ0n) is 14.7. The van der Waals surface area contributed by atoms with Gasteiger partial charge in [-0.25, -0.2) is 9.67 Å². The number of benzene rings is 1. The van der Waals surface area contributed by atoms with Gasteiger partial charge in [-0.3, -0.25) is 4.79 Å². The number of ether oxygens (including phenoxy) is 2. The molecule has 0 spiro atoms. The summed E-state index contributed by atoms with van der Waals surface area (Å²) in [6.45, 7) is 6.95. The van der Waals surface area contributed by atoms with Crippen molar-refractivity contribution in [1.29, 1.82) is 0 Å². The highest BCUT2D eigenvalue weighted by Gasteiger charge is 2.35. The van der Waals surface area contributed by atoms with Gasteiger partial charge in [0.05, 0.1) is 20.3 Å². The second-order valence-corrected chi connectivity index (χ2v) is 5.99. The first-order valence-electron chi connectivity index (χ1n) is 7.86. The van der Waals surface area contributed by atoms with Crippen LogP contribution in [0, 0.1) is 20.8 Å². The number of amides is 1. The lowest BCUT2D eigenvalue weighted by atomic mass is 10.0. The van der Waals surface area contributed by atoms with Gasteiger partial charge >= 0.3 is 0 Å². The molecule has 2 aromatic rings. The highest BCUT2D eigenvalue weighted by atomic mass is 16.5. The zero-order valence-corrected chi connectivity index (χ0v) is 14.7. The largest absolute Gasteiger partial charge is 0.493 e. The minimum Gasteiger partial charge on any atom is -0.493 e. The summed E-state index contributed by atoms with van der Waals surface area (Å²) in [5.74, 6) is 2.86. The second kappa shape index (κ2) is 6.14. The van der Waals surface area contributed by atoms with Crippen LogP contribution in [0.2, 0.25) is 0 Å². The summed E-state index contributed by atoms with van der Waals surface area (Å²) < 4.78 is 12.6. The third-order valence-electron chi connectivity index (χ3n) is 4.43. The van der Waals surface area contributed by atoms with E-state index in [0.717, 1.165) is 17.2 Å². The maximum absolute atomic E-state index is 12.8. The molecule has 1 aliphatic heterocycles. The van der Waals surface area contributed by atoms with E-state index in [1.54, 1.807) is 26.4 Å². The van der Waals surface area contributed by atoms with Crippen LogP contribution >= 0.6 is 0 Å². The van der Waals surface area contributed by atoms with Gasteiger partial charge in [0, 0.05) is 24.2 Å². The van der Waals surface area contributed by atoms with E-state index in [1.165, 1.54) is 0 Å². The smallest absolute Gasteiger partial charge is 0.254 e. The van der Waals surface area contributed by atoms with Gasteiger partial charge in [-0.1, -0.05) is 0 Å². The van der Waals surface area contributed by atoms with Crippen LogP contribution in [0.5, 0.6) is 11.5 Å². The van der Waals surface area contributed by atoms with Crippen LogP contribution in [0.3, 0.4) is 0 Å². The summed E-state index contributed by atoms with van der Waals surface area (Å²) in [5, 5.41) is 4.40. The second-order valence-electron chi connectivity index (χ2n) is 5.99. The number of nitrogens with zero attached hydrogens (tertiary/aromatic N) is 4. The minimum atomic E-state index is -0.000747. The number of carbonyl (C=O) groups is 1. The van der Waals surface area contributed by atoms with Crippen LogP contribution in [0.25, 0.3) is 0 Å². The normalized spacial score (nSPS) is 14.5. The van der Waals surface area contributed by atoms with Gasteiger partial charge in [-0.15, -0.1) is 0 Å². The van der Waals surface area contributed by atoms with Crippen LogP contribution in [-0.4, -0.2) is 52.9 Å². The Balaban J connectivity index is 1.76. The highest BCUT2D eigenvalue weighted by molar-refractivity contribution is 5.97. The zero-order chi connectivity index (χ0) is 17.4. The van der Waals surface area contributed by atoms with Crippen molar-refractivity contribution in [3.63, 3.8) is 0 Å². The molecule has 0 radical (unpaired) electrons. The predicted octanol–water partition coefficient (Wildman–Crippen LogP) is 1.92. The average Bonchev–Trinajstić information content (AvgIpc) is 2.83. The monoisotopic (exact) mass is 330 g/mol. The number of carbonyl (C=O) groups excluding carboxylic acids is 1. The maximum atomic E-state index is 12.8. The van der Waals surface area contributed by atoms with Gasteiger partial charge < -0.3 is 14.4 Å². The van der Waals surface area contributed by atoms with Crippen LogP contribution in [0.1, 0.15) is 33.6 Å². The lowest BCUT2D eigenvalue weighted by Gasteiger charge is -2.39. The van der Waals surface area contributed by atoms with Crippen molar-refractivity contribution in [2.24, 2.45) is 0 Å². The number of aromatic nitrogens is 3. The van der Waals surface area contributed by atoms with Crippen molar-refractivity contribution in [2.75, 3.05) is 27.3 Å². The van der Waals surface area contributed by atoms with Gasteiger partial charge in [-0.05, 0) is 32.9 Å². The van der Waals surface area contributed by atoms with E-state index in [4.69, 9.17) is 9.47 Å². The van der Waals surface area contributed by atoms with Gasteiger partial charge in [-0.2, -0.15) is 5.10 Å². The first kappa shape index (κ1) is 16.3. The molecule has 7 nitrogen and oxygen atoms in total. The Bertz CT molecular complexity index is 778. The molecule has 2 heterocycles. The van der Waals surface area contributed by atoms with Gasteiger partial charge in [0.1, 0.15) is 11.6 Å². The van der Waals surface area contributed by atoms with Gasteiger partial charge in [0.25, 0.3) is 5.91 Å². The molecule has 3 rings (SSSR count). The van der Waals surface area contributed by atoms with Gasteiger partial charge in [0.2, 0.25) is 0 Å².